The first kappa shape index (κ1) is 14.4. The number of ether oxygens (including phenoxy) is 2. The molecule has 0 saturated carbocycles. The van der Waals surface area contributed by atoms with Gasteiger partial charge in [0.2, 0.25) is 0 Å². The van der Waals surface area contributed by atoms with Crippen LogP contribution in [-0.2, 0) is 11.2 Å². The number of hydrogen-bond donors (Lipinski definition) is 1. The van der Waals surface area contributed by atoms with Gasteiger partial charge in [0.05, 0.1) is 6.61 Å². The highest BCUT2D eigenvalue weighted by atomic mass is 16.5. The number of benzene rings is 1. The Labute approximate surface area is 116 Å². The van der Waals surface area contributed by atoms with Crippen LogP contribution >= 0.6 is 0 Å². The Bertz CT molecular complexity index is 404. The molecule has 1 aromatic rings. The smallest absolute Gasteiger partial charge is 0.122 e. The largest absolute Gasteiger partial charge is 0.491 e. The van der Waals surface area contributed by atoms with E-state index in [-0.39, 0.29) is 6.04 Å². The fraction of sp³-hybridized carbons (Fsp3) is 0.625. The van der Waals surface area contributed by atoms with Gasteiger partial charge in [0.1, 0.15) is 12.4 Å². The van der Waals surface area contributed by atoms with Gasteiger partial charge in [0, 0.05) is 12.6 Å². The molecule has 106 valence electrons. The van der Waals surface area contributed by atoms with E-state index in [1.54, 1.807) is 0 Å². The second-order valence-electron chi connectivity index (χ2n) is 5.64. The molecule has 1 aliphatic carbocycles. The van der Waals surface area contributed by atoms with E-state index >= 15 is 0 Å². The lowest BCUT2D eigenvalue weighted by Gasteiger charge is -2.24. The third-order valence-corrected chi connectivity index (χ3v) is 3.45. The lowest BCUT2D eigenvalue weighted by atomic mass is 9.88. The Hall–Kier alpha value is -1.06. The fourth-order valence-electron chi connectivity index (χ4n) is 2.52. The van der Waals surface area contributed by atoms with Crippen LogP contribution < -0.4 is 10.5 Å². The van der Waals surface area contributed by atoms with E-state index in [1.165, 1.54) is 11.1 Å². The van der Waals surface area contributed by atoms with E-state index in [0.717, 1.165) is 31.6 Å². The molecule has 0 aromatic heterocycles. The van der Waals surface area contributed by atoms with Crippen LogP contribution in [0, 0.1) is 5.92 Å². The average molecular weight is 263 g/mol. The van der Waals surface area contributed by atoms with E-state index in [4.69, 9.17) is 15.2 Å². The van der Waals surface area contributed by atoms with Gasteiger partial charge >= 0.3 is 0 Å². The first-order valence-corrected chi connectivity index (χ1v) is 7.26. The molecule has 19 heavy (non-hydrogen) atoms. The Morgan fingerprint density at radius 3 is 2.95 bits per heavy atom. The Kier molecular flexibility index (Phi) is 5.23. The molecular weight excluding hydrogens is 238 g/mol. The van der Waals surface area contributed by atoms with E-state index in [2.05, 4.69) is 19.9 Å². The molecule has 1 aliphatic rings. The minimum Gasteiger partial charge on any atom is -0.491 e. The van der Waals surface area contributed by atoms with Crippen molar-refractivity contribution in [1.29, 1.82) is 0 Å². The summed E-state index contributed by atoms with van der Waals surface area (Å²) in [6.45, 7) is 6.35. The van der Waals surface area contributed by atoms with Crippen molar-refractivity contribution in [1.82, 2.24) is 0 Å². The Balaban J connectivity index is 1.89. The van der Waals surface area contributed by atoms with E-state index in [9.17, 15) is 0 Å². The van der Waals surface area contributed by atoms with E-state index in [1.807, 2.05) is 12.1 Å². The third kappa shape index (κ3) is 3.95. The van der Waals surface area contributed by atoms with Crippen molar-refractivity contribution >= 4 is 0 Å². The van der Waals surface area contributed by atoms with Crippen molar-refractivity contribution in [2.24, 2.45) is 11.7 Å². The van der Waals surface area contributed by atoms with Crippen molar-refractivity contribution in [3.05, 3.63) is 29.3 Å². The standard InChI is InChI=1S/C16H25NO2/c1-12(2)11-18-9-10-19-16-8-4-5-13-14(16)6-3-7-15(13)17/h4-5,8,12,15H,3,6-7,9-11,17H2,1-2H3. The monoisotopic (exact) mass is 263 g/mol. The Morgan fingerprint density at radius 1 is 1.32 bits per heavy atom. The number of fused-ring (bicyclic) bond motifs is 1. The summed E-state index contributed by atoms with van der Waals surface area (Å²) in [6.07, 6.45) is 3.30. The lowest BCUT2D eigenvalue weighted by Crippen LogP contribution is -2.18. The van der Waals surface area contributed by atoms with Gasteiger partial charge < -0.3 is 15.2 Å². The van der Waals surface area contributed by atoms with Gasteiger partial charge in [-0.25, -0.2) is 0 Å². The van der Waals surface area contributed by atoms with Gasteiger partial charge in [-0.05, 0) is 42.4 Å². The van der Waals surface area contributed by atoms with Crippen LogP contribution in [0.5, 0.6) is 5.75 Å². The maximum absolute atomic E-state index is 6.14. The molecular formula is C16H25NO2. The van der Waals surface area contributed by atoms with Gasteiger partial charge in [-0.15, -0.1) is 0 Å². The summed E-state index contributed by atoms with van der Waals surface area (Å²) in [7, 11) is 0. The van der Waals surface area contributed by atoms with Gasteiger partial charge in [0.25, 0.3) is 0 Å². The molecule has 0 amide bonds. The molecule has 2 rings (SSSR count). The van der Waals surface area contributed by atoms with Crippen molar-refractivity contribution in [3.63, 3.8) is 0 Å². The zero-order valence-corrected chi connectivity index (χ0v) is 12.0. The third-order valence-electron chi connectivity index (χ3n) is 3.45. The molecule has 0 heterocycles. The molecule has 3 nitrogen and oxygen atoms in total. The first-order valence-electron chi connectivity index (χ1n) is 7.26. The van der Waals surface area contributed by atoms with Crippen LogP contribution in [0.25, 0.3) is 0 Å². The van der Waals surface area contributed by atoms with Crippen LogP contribution in [0.1, 0.15) is 43.9 Å². The molecule has 0 spiro atoms. The second kappa shape index (κ2) is 6.92. The summed E-state index contributed by atoms with van der Waals surface area (Å²) in [4.78, 5) is 0. The lowest BCUT2D eigenvalue weighted by molar-refractivity contribution is 0.0815. The minimum atomic E-state index is 0.171. The maximum Gasteiger partial charge on any atom is 0.122 e. The van der Waals surface area contributed by atoms with Crippen LogP contribution in [-0.4, -0.2) is 19.8 Å². The van der Waals surface area contributed by atoms with Crippen molar-refractivity contribution in [2.75, 3.05) is 19.8 Å². The SMILES string of the molecule is CC(C)COCCOc1cccc2c1CCCC2N. The fourth-order valence-corrected chi connectivity index (χ4v) is 2.52. The quantitative estimate of drug-likeness (QED) is 0.802. The molecule has 0 radical (unpaired) electrons. The second-order valence-corrected chi connectivity index (χ2v) is 5.64. The van der Waals surface area contributed by atoms with Gasteiger partial charge in [-0.1, -0.05) is 26.0 Å². The number of rotatable bonds is 6. The molecule has 0 fully saturated rings. The number of hydrogen-bond acceptors (Lipinski definition) is 3. The predicted molar refractivity (Wildman–Crippen MR) is 77.5 cm³/mol. The Morgan fingerprint density at radius 2 is 2.16 bits per heavy atom. The summed E-state index contributed by atoms with van der Waals surface area (Å²) in [6, 6.07) is 6.37. The van der Waals surface area contributed by atoms with Crippen molar-refractivity contribution in [2.45, 2.75) is 39.2 Å². The van der Waals surface area contributed by atoms with Gasteiger partial charge in [-0.3, -0.25) is 0 Å². The molecule has 0 aliphatic heterocycles. The molecule has 0 saturated heterocycles. The summed E-state index contributed by atoms with van der Waals surface area (Å²) in [5.74, 6) is 1.56. The van der Waals surface area contributed by atoms with Crippen LogP contribution in [0.15, 0.2) is 18.2 Å². The summed E-state index contributed by atoms with van der Waals surface area (Å²) >= 11 is 0. The summed E-state index contributed by atoms with van der Waals surface area (Å²) < 4.78 is 11.4. The molecule has 1 unspecified atom stereocenters. The predicted octanol–water partition coefficient (Wildman–Crippen LogP) is 3.07. The highest BCUT2D eigenvalue weighted by Gasteiger charge is 2.19. The zero-order chi connectivity index (χ0) is 13.7. The van der Waals surface area contributed by atoms with Gasteiger partial charge in [-0.2, -0.15) is 0 Å². The van der Waals surface area contributed by atoms with Crippen molar-refractivity contribution in [3.8, 4) is 5.75 Å². The zero-order valence-electron chi connectivity index (χ0n) is 12.0. The highest BCUT2D eigenvalue weighted by molar-refractivity contribution is 5.43. The number of nitrogens with two attached hydrogens (primary N) is 1. The molecule has 3 heteroatoms. The van der Waals surface area contributed by atoms with Gasteiger partial charge in [0.15, 0.2) is 0 Å². The van der Waals surface area contributed by atoms with E-state index in [0.29, 0.717) is 19.1 Å². The van der Waals surface area contributed by atoms with Crippen molar-refractivity contribution < 1.29 is 9.47 Å². The molecule has 1 aromatic carbocycles. The van der Waals surface area contributed by atoms with E-state index < -0.39 is 0 Å². The molecule has 0 bridgehead atoms. The van der Waals surface area contributed by atoms with Crippen LogP contribution in [0.3, 0.4) is 0 Å². The van der Waals surface area contributed by atoms with Crippen LogP contribution in [0.4, 0.5) is 0 Å². The molecule has 1 atom stereocenters. The maximum atomic E-state index is 6.14. The first-order chi connectivity index (χ1) is 9.18. The summed E-state index contributed by atoms with van der Waals surface area (Å²) in [5.41, 5.74) is 8.70. The summed E-state index contributed by atoms with van der Waals surface area (Å²) in [5, 5.41) is 0. The normalized spacial score (nSPS) is 18.4. The average Bonchev–Trinajstić information content (AvgIpc) is 2.39. The minimum absolute atomic E-state index is 0.171. The topological polar surface area (TPSA) is 44.5 Å². The highest BCUT2D eigenvalue weighted by Crippen LogP contribution is 2.33. The molecule has 2 N–H and O–H groups in total. The van der Waals surface area contributed by atoms with Crippen LogP contribution in [0.2, 0.25) is 0 Å².